The second kappa shape index (κ2) is 3.72. The quantitative estimate of drug-likeness (QED) is 0.704. The molecule has 72 valence electrons. The number of hydrogen-bond acceptors (Lipinski definition) is 3. The van der Waals surface area contributed by atoms with Gasteiger partial charge in [0, 0.05) is 5.02 Å². The SMILES string of the molecule is [SiH3]c1nnc(-c2ccc(Cl)cc2Cl)o1. The van der Waals surface area contributed by atoms with Crippen LogP contribution in [0.5, 0.6) is 0 Å². The Morgan fingerprint density at radius 2 is 2.00 bits per heavy atom. The van der Waals surface area contributed by atoms with E-state index in [4.69, 9.17) is 27.6 Å². The van der Waals surface area contributed by atoms with E-state index in [-0.39, 0.29) is 0 Å². The number of hydrogen-bond donors (Lipinski definition) is 0. The zero-order chi connectivity index (χ0) is 10.1. The van der Waals surface area contributed by atoms with Crippen molar-refractivity contribution >= 4 is 39.0 Å². The van der Waals surface area contributed by atoms with Crippen molar-refractivity contribution in [2.75, 3.05) is 0 Å². The van der Waals surface area contributed by atoms with Crippen LogP contribution in [-0.4, -0.2) is 20.4 Å². The first-order valence-corrected chi connectivity index (χ1v) is 5.68. The van der Waals surface area contributed by atoms with Crippen molar-refractivity contribution in [2.45, 2.75) is 0 Å². The van der Waals surface area contributed by atoms with Crippen LogP contribution < -0.4 is 5.51 Å². The van der Waals surface area contributed by atoms with Crippen molar-refractivity contribution in [3.8, 4) is 11.5 Å². The van der Waals surface area contributed by atoms with Gasteiger partial charge in [0.05, 0.1) is 10.6 Å². The smallest absolute Gasteiger partial charge is 0.248 e. The van der Waals surface area contributed by atoms with Gasteiger partial charge in [-0.25, -0.2) is 0 Å². The van der Waals surface area contributed by atoms with Gasteiger partial charge in [-0.15, -0.1) is 10.2 Å². The van der Waals surface area contributed by atoms with E-state index >= 15 is 0 Å². The summed E-state index contributed by atoms with van der Waals surface area (Å²) in [6.07, 6.45) is 0. The van der Waals surface area contributed by atoms with Crippen LogP contribution in [0.25, 0.3) is 11.5 Å². The van der Waals surface area contributed by atoms with Gasteiger partial charge in [0.2, 0.25) is 5.89 Å². The van der Waals surface area contributed by atoms with Gasteiger partial charge in [-0.05, 0) is 18.2 Å². The Hall–Kier alpha value is -0.843. The molecular weight excluding hydrogens is 239 g/mol. The highest BCUT2D eigenvalue weighted by Gasteiger charge is 2.09. The van der Waals surface area contributed by atoms with Gasteiger partial charge in [0.15, 0.2) is 5.51 Å². The van der Waals surface area contributed by atoms with E-state index in [0.717, 1.165) is 10.2 Å². The Labute approximate surface area is 93.5 Å². The first-order chi connectivity index (χ1) is 6.66. The topological polar surface area (TPSA) is 38.9 Å². The van der Waals surface area contributed by atoms with Gasteiger partial charge in [0.25, 0.3) is 0 Å². The fourth-order valence-electron chi connectivity index (χ4n) is 1.07. The zero-order valence-corrected chi connectivity index (χ0v) is 10.8. The van der Waals surface area contributed by atoms with Gasteiger partial charge < -0.3 is 4.42 Å². The molecule has 0 spiro atoms. The first kappa shape index (κ1) is 9.70. The molecule has 0 fully saturated rings. The maximum absolute atomic E-state index is 5.97. The highest BCUT2D eigenvalue weighted by molar-refractivity contribution is 6.36. The number of aromatic nitrogens is 2. The van der Waals surface area contributed by atoms with Crippen LogP contribution in [0.3, 0.4) is 0 Å². The predicted octanol–water partition coefficient (Wildman–Crippen LogP) is 1.03. The number of rotatable bonds is 1. The monoisotopic (exact) mass is 244 g/mol. The molecule has 1 aromatic carbocycles. The van der Waals surface area contributed by atoms with E-state index in [2.05, 4.69) is 10.2 Å². The fraction of sp³-hybridized carbons (Fsp3) is 0. The standard InChI is InChI=1S/C8H6Cl2N2OSi/c9-4-1-2-5(6(10)3-4)7-11-12-8(14)13-7/h1-3H,14H3. The van der Waals surface area contributed by atoms with Gasteiger partial charge in [0.1, 0.15) is 10.2 Å². The van der Waals surface area contributed by atoms with Crippen molar-refractivity contribution in [3.63, 3.8) is 0 Å². The molecule has 6 heteroatoms. The molecule has 1 heterocycles. The minimum Gasteiger partial charge on any atom is -0.427 e. The van der Waals surface area contributed by atoms with Crippen LogP contribution in [0, 0.1) is 0 Å². The Balaban J connectivity index is 2.52. The van der Waals surface area contributed by atoms with Crippen LogP contribution in [0.1, 0.15) is 0 Å². The molecule has 2 rings (SSSR count). The van der Waals surface area contributed by atoms with Gasteiger partial charge in [-0.2, -0.15) is 0 Å². The van der Waals surface area contributed by atoms with Crippen molar-refractivity contribution in [1.82, 2.24) is 10.2 Å². The van der Waals surface area contributed by atoms with Crippen LogP contribution in [0.15, 0.2) is 22.6 Å². The van der Waals surface area contributed by atoms with E-state index in [9.17, 15) is 0 Å². The van der Waals surface area contributed by atoms with Gasteiger partial charge in [-0.1, -0.05) is 23.2 Å². The highest BCUT2D eigenvalue weighted by Crippen LogP contribution is 2.28. The lowest BCUT2D eigenvalue weighted by Crippen LogP contribution is -2.00. The average molecular weight is 245 g/mol. The summed E-state index contributed by atoms with van der Waals surface area (Å²) in [4.78, 5) is 0. The highest BCUT2D eigenvalue weighted by atomic mass is 35.5. The van der Waals surface area contributed by atoms with Crippen molar-refractivity contribution in [1.29, 1.82) is 0 Å². The van der Waals surface area contributed by atoms with Crippen molar-refractivity contribution < 1.29 is 4.42 Å². The average Bonchev–Trinajstić information content (AvgIpc) is 2.51. The molecule has 2 aromatic rings. The summed E-state index contributed by atoms with van der Waals surface area (Å²) in [7, 11) is 0.733. The minimum absolute atomic E-state index is 0.441. The second-order valence-corrected chi connectivity index (χ2v) is 4.45. The van der Waals surface area contributed by atoms with E-state index in [1.165, 1.54) is 0 Å². The van der Waals surface area contributed by atoms with Crippen LogP contribution in [0.4, 0.5) is 0 Å². The summed E-state index contributed by atoms with van der Waals surface area (Å²) in [5.41, 5.74) is 1.36. The molecule has 14 heavy (non-hydrogen) atoms. The largest absolute Gasteiger partial charge is 0.427 e. The third-order valence-electron chi connectivity index (χ3n) is 1.69. The first-order valence-electron chi connectivity index (χ1n) is 3.92. The van der Waals surface area contributed by atoms with Crippen LogP contribution in [0.2, 0.25) is 10.0 Å². The van der Waals surface area contributed by atoms with Gasteiger partial charge in [-0.3, -0.25) is 0 Å². The predicted molar refractivity (Wildman–Crippen MR) is 59.3 cm³/mol. The summed E-state index contributed by atoms with van der Waals surface area (Å²) in [6, 6.07) is 5.15. The van der Waals surface area contributed by atoms with E-state index in [1.54, 1.807) is 18.2 Å². The van der Waals surface area contributed by atoms with E-state index in [0.29, 0.717) is 27.0 Å². The maximum atomic E-state index is 5.97. The van der Waals surface area contributed by atoms with Gasteiger partial charge >= 0.3 is 0 Å². The minimum atomic E-state index is 0.441. The summed E-state index contributed by atoms with van der Waals surface area (Å²) in [5, 5.41) is 8.78. The number of halogens is 2. The molecule has 3 nitrogen and oxygen atoms in total. The molecule has 0 unspecified atom stereocenters. The zero-order valence-electron chi connectivity index (χ0n) is 7.29. The molecule has 1 aromatic heterocycles. The lowest BCUT2D eigenvalue weighted by molar-refractivity contribution is 0.605. The number of benzene rings is 1. The maximum Gasteiger partial charge on any atom is 0.248 e. The Morgan fingerprint density at radius 1 is 1.21 bits per heavy atom. The van der Waals surface area contributed by atoms with E-state index < -0.39 is 0 Å². The molecule has 0 aliphatic carbocycles. The molecular formula is C8H6Cl2N2OSi. The fourth-order valence-corrected chi connectivity index (χ4v) is 1.85. The molecule has 0 amide bonds. The molecule has 0 saturated carbocycles. The summed E-state index contributed by atoms with van der Waals surface area (Å²) in [6.45, 7) is 0. The lowest BCUT2D eigenvalue weighted by Gasteiger charge is -1.98. The molecule has 0 aliphatic heterocycles. The molecule has 0 radical (unpaired) electrons. The second-order valence-electron chi connectivity index (χ2n) is 2.75. The normalized spacial score (nSPS) is 10.7. The summed E-state index contributed by atoms with van der Waals surface area (Å²) in [5.74, 6) is 0.441. The van der Waals surface area contributed by atoms with Crippen molar-refractivity contribution in [2.24, 2.45) is 0 Å². The summed E-state index contributed by atoms with van der Waals surface area (Å²) < 4.78 is 5.30. The number of nitrogens with zero attached hydrogens (tertiary/aromatic N) is 2. The van der Waals surface area contributed by atoms with Crippen molar-refractivity contribution in [3.05, 3.63) is 28.2 Å². The third kappa shape index (κ3) is 1.82. The molecule has 0 saturated heterocycles. The molecule has 0 bridgehead atoms. The van der Waals surface area contributed by atoms with Crippen LogP contribution >= 0.6 is 23.2 Å². The third-order valence-corrected chi connectivity index (χ3v) is 2.64. The Bertz CT molecular complexity index is 472. The van der Waals surface area contributed by atoms with E-state index in [1.807, 2.05) is 0 Å². The molecule has 0 N–H and O–H groups in total. The summed E-state index contributed by atoms with van der Waals surface area (Å²) >= 11 is 11.7. The molecule has 0 atom stereocenters. The Kier molecular flexibility index (Phi) is 2.58. The van der Waals surface area contributed by atoms with Crippen LogP contribution in [-0.2, 0) is 0 Å². The molecule has 0 aliphatic rings. The Morgan fingerprint density at radius 3 is 2.57 bits per heavy atom. The lowest BCUT2D eigenvalue weighted by atomic mass is 10.2.